The maximum absolute atomic E-state index is 14.0. The minimum Gasteiger partial charge on any atom is -0.382 e. The number of aliphatic hydroxyl groups is 1. The van der Waals surface area contributed by atoms with Crippen LogP contribution >= 0.6 is 0 Å². The van der Waals surface area contributed by atoms with Gasteiger partial charge < -0.3 is 14.5 Å². The molecule has 1 saturated carbocycles. The number of hydrazine groups is 1. The number of hydrogen-bond acceptors (Lipinski definition) is 9. The molecule has 1 unspecified atom stereocenters. The first-order chi connectivity index (χ1) is 12.6. The normalized spacial score (nSPS) is 24.5. The van der Waals surface area contributed by atoms with Crippen LogP contribution in [0, 0.1) is 0 Å². The van der Waals surface area contributed by atoms with E-state index in [9.17, 15) is 9.59 Å². The van der Waals surface area contributed by atoms with Gasteiger partial charge >= 0.3 is 6.01 Å². The molecule has 0 radical (unpaired) electrons. The molecule has 1 aliphatic carbocycles. The minimum absolute atomic E-state index is 0.0955. The molecule has 6 rings (SSSR count). The molecule has 0 saturated heterocycles. The van der Waals surface area contributed by atoms with Crippen LogP contribution in [0.25, 0.3) is 0 Å². The van der Waals surface area contributed by atoms with Crippen LogP contribution in [-0.2, 0) is 5.60 Å². The molecule has 2 aromatic rings. The zero-order chi connectivity index (χ0) is 17.5. The molecule has 26 heavy (non-hydrogen) atoms. The number of benzene rings is 1. The maximum atomic E-state index is 14.0. The molecule has 9 nitrogen and oxygen atoms in total. The summed E-state index contributed by atoms with van der Waals surface area (Å²) >= 11 is 0. The largest absolute Gasteiger partial charge is 0.382 e. The Balaban J connectivity index is 1.44. The number of rotatable bonds is 2. The predicted octanol–water partition coefficient (Wildman–Crippen LogP) is 1.59. The van der Waals surface area contributed by atoms with Crippen LogP contribution < -0.4 is 9.91 Å². The van der Waals surface area contributed by atoms with Crippen LogP contribution in [0.3, 0.4) is 0 Å². The lowest BCUT2D eigenvalue weighted by atomic mass is 10.1. The van der Waals surface area contributed by atoms with Crippen molar-refractivity contribution in [2.45, 2.75) is 24.6 Å². The Hall–Kier alpha value is -3.14. The fraction of sp³-hybridized carbons (Fsp3) is 0.312. The van der Waals surface area contributed by atoms with E-state index in [1.165, 1.54) is 6.20 Å². The van der Waals surface area contributed by atoms with Crippen molar-refractivity contribution in [1.82, 2.24) is 20.3 Å². The third kappa shape index (κ3) is 1.74. The zero-order valence-electron chi connectivity index (χ0n) is 13.5. The molecule has 132 valence electrons. The molecule has 0 spiro atoms. The number of hydrogen-bond donors (Lipinski definition) is 1. The van der Waals surface area contributed by atoms with Crippen molar-refractivity contribution in [2.75, 3.05) is 16.6 Å². The number of fused-ring (bicyclic) bond motifs is 6. The van der Waals surface area contributed by atoms with Crippen LogP contribution in [0.5, 0.6) is 0 Å². The van der Waals surface area contributed by atoms with E-state index in [2.05, 4.69) is 15.1 Å². The molecule has 1 aromatic heterocycles. The van der Waals surface area contributed by atoms with E-state index in [0.29, 0.717) is 23.8 Å². The van der Waals surface area contributed by atoms with Crippen molar-refractivity contribution in [3.8, 4) is 0 Å². The number of aromatic nitrogens is 2. The Labute approximate surface area is 147 Å². The Morgan fingerprint density at radius 3 is 2.96 bits per heavy atom. The second-order valence-electron chi connectivity index (χ2n) is 6.77. The monoisotopic (exact) mass is 355 g/mol. The van der Waals surface area contributed by atoms with Gasteiger partial charge in [0, 0.05) is 5.56 Å². The summed E-state index contributed by atoms with van der Waals surface area (Å²) in [6, 6.07) is 7.96. The van der Waals surface area contributed by atoms with Gasteiger partial charge in [-0.2, -0.15) is 15.1 Å². The van der Waals surface area contributed by atoms with E-state index in [1.54, 1.807) is 16.4 Å². The van der Waals surface area contributed by atoms with Crippen molar-refractivity contribution in [2.24, 2.45) is 4.99 Å². The van der Waals surface area contributed by atoms with Crippen molar-refractivity contribution >= 4 is 18.0 Å². The number of halogens is 1. The third-order valence-electron chi connectivity index (χ3n) is 5.08. The highest BCUT2D eigenvalue weighted by Gasteiger charge is 2.49. The second kappa shape index (κ2) is 4.52. The fourth-order valence-corrected chi connectivity index (χ4v) is 3.57. The van der Waals surface area contributed by atoms with E-state index in [4.69, 9.17) is 4.52 Å². The fourth-order valence-electron chi connectivity index (χ4n) is 3.57. The molecule has 1 atom stereocenters. The van der Waals surface area contributed by atoms with Gasteiger partial charge in [0.1, 0.15) is 18.6 Å². The molecule has 0 bridgehead atoms. The van der Waals surface area contributed by atoms with Gasteiger partial charge in [0.05, 0.1) is 11.9 Å². The van der Waals surface area contributed by atoms with Crippen LogP contribution in [0.4, 0.5) is 16.2 Å². The number of nitrogens with zero attached hydrogens (tertiary/aromatic N) is 7. The molecule has 3 aliphatic heterocycles. The van der Waals surface area contributed by atoms with Gasteiger partial charge in [-0.3, -0.25) is 0 Å². The van der Waals surface area contributed by atoms with Gasteiger partial charge in [-0.15, -0.1) is 0 Å². The van der Waals surface area contributed by atoms with Crippen molar-refractivity contribution in [3.05, 3.63) is 47.7 Å². The van der Waals surface area contributed by atoms with Gasteiger partial charge in [-0.05, 0) is 18.9 Å². The van der Waals surface area contributed by atoms with Gasteiger partial charge in [0.15, 0.2) is 12.0 Å². The van der Waals surface area contributed by atoms with Crippen LogP contribution in [0.15, 0.2) is 45.8 Å². The van der Waals surface area contributed by atoms with Crippen LogP contribution in [0.1, 0.15) is 30.4 Å². The third-order valence-corrected chi connectivity index (χ3v) is 5.08. The molecule has 4 heterocycles. The molecule has 10 heteroatoms. The van der Waals surface area contributed by atoms with Crippen molar-refractivity contribution in [3.63, 3.8) is 0 Å². The molecule has 1 fully saturated rings. The average molecular weight is 355 g/mol. The summed E-state index contributed by atoms with van der Waals surface area (Å²) < 4.78 is 19.4. The first-order valence-corrected chi connectivity index (χ1v) is 8.33. The highest BCUT2D eigenvalue weighted by Crippen LogP contribution is 2.47. The maximum Gasteiger partial charge on any atom is 0.348 e. The quantitative estimate of drug-likeness (QED) is 0.813. The van der Waals surface area contributed by atoms with E-state index in [0.717, 1.165) is 11.3 Å². The lowest BCUT2D eigenvalue weighted by molar-refractivity contribution is 0.104. The van der Waals surface area contributed by atoms with Gasteiger partial charge in [0.2, 0.25) is 5.82 Å². The Bertz CT molecular complexity index is 969. The summed E-state index contributed by atoms with van der Waals surface area (Å²) in [6.07, 6.45) is 3.89. The first-order valence-electron chi connectivity index (χ1n) is 8.33. The Morgan fingerprint density at radius 1 is 1.27 bits per heavy atom. The summed E-state index contributed by atoms with van der Waals surface area (Å²) in [4.78, 5) is 10.7. The highest BCUT2D eigenvalue weighted by molar-refractivity contribution is 5.79. The predicted molar refractivity (Wildman–Crippen MR) is 87.8 cm³/mol. The number of para-hydroxylation sites is 1. The van der Waals surface area contributed by atoms with E-state index >= 15 is 0 Å². The van der Waals surface area contributed by atoms with E-state index < -0.39 is 5.60 Å². The minimum atomic E-state index is -0.985. The smallest absolute Gasteiger partial charge is 0.348 e. The highest BCUT2D eigenvalue weighted by atomic mass is 19.2. The Morgan fingerprint density at radius 2 is 2.12 bits per heavy atom. The van der Waals surface area contributed by atoms with Crippen molar-refractivity contribution in [1.29, 1.82) is 0 Å². The summed E-state index contributed by atoms with van der Waals surface area (Å²) in [5, 5.41) is 18.1. The summed E-state index contributed by atoms with van der Waals surface area (Å²) in [6.45, 7) is 0.0955. The van der Waals surface area contributed by atoms with E-state index in [1.807, 2.05) is 29.2 Å². The van der Waals surface area contributed by atoms with E-state index in [-0.39, 0.29) is 24.7 Å². The van der Waals surface area contributed by atoms with Crippen LogP contribution in [0.2, 0.25) is 0 Å². The molecular weight excluding hydrogens is 341 g/mol. The van der Waals surface area contributed by atoms with Gasteiger partial charge in [-0.1, -0.05) is 27.8 Å². The zero-order valence-corrected chi connectivity index (χ0v) is 13.5. The molecular formula is C16H14FN7O2. The van der Waals surface area contributed by atoms with Crippen molar-refractivity contribution < 1.29 is 14.1 Å². The number of aliphatic imine (C=N–C) groups is 1. The lowest BCUT2D eigenvalue weighted by Gasteiger charge is -2.41. The van der Waals surface area contributed by atoms with Crippen LogP contribution in [-0.4, -0.2) is 38.4 Å². The molecule has 1 aromatic carbocycles. The second-order valence-corrected chi connectivity index (χ2v) is 6.77. The lowest BCUT2D eigenvalue weighted by Crippen LogP contribution is -2.46. The Kier molecular flexibility index (Phi) is 2.45. The first kappa shape index (κ1) is 14.1. The summed E-state index contributed by atoms with van der Waals surface area (Å²) in [7, 11) is 0. The average Bonchev–Trinajstić information content (AvgIpc) is 3.05. The topological polar surface area (TPSA) is 84.5 Å². The standard InChI is InChI=1S/C16H14FN7O2/c17-21-7-12-22(9-21)11-4-2-1-3-10(11)13-18-8-23(24(12)13)15-19-14(20-26-15)16(25)5-6-16/h1-4,7-8,13,25H,5-6,9H2. The summed E-state index contributed by atoms with van der Waals surface area (Å²) in [5.41, 5.74) is 0.887. The van der Waals surface area contributed by atoms with Gasteiger partial charge in [0.25, 0.3) is 0 Å². The SMILES string of the molecule is OC1(c2noc(N3C=NC4c5ccccc5N5CN(F)C=C5N43)n2)CC1. The number of anilines is 2. The summed E-state index contributed by atoms with van der Waals surface area (Å²) in [5.74, 6) is 0.893. The van der Waals surface area contributed by atoms with Gasteiger partial charge in [-0.25, -0.2) is 10.0 Å². The molecule has 1 N–H and O–H groups in total. The molecule has 4 aliphatic rings. The molecule has 0 amide bonds.